The highest BCUT2D eigenvalue weighted by Gasteiger charge is 2.08. The summed E-state index contributed by atoms with van der Waals surface area (Å²) < 4.78 is 4.94. The van der Waals surface area contributed by atoms with E-state index in [1.54, 1.807) is 25.6 Å². The van der Waals surface area contributed by atoms with Gasteiger partial charge in [-0.05, 0) is 11.6 Å². The van der Waals surface area contributed by atoms with Gasteiger partial charge >= 0.3 is 0 Å². The number of carbonyl (C=O) groups excluding carboxylic acids is 1. The molecule has 0 bridgehead atoms. The van der Waals surface area contributed by atoms with E-state index in [-0.39, 0.29) is 5.91 Å². The molecule has 21 heavy (non-hydrogen) atoms. The van der Waals surface area contributed by atoms with Crippen molar-refractivity contribution in [3.05, 3.63) is 48.2 Å². The molecule has 0 aliphatic carbocycles. The molecule has 2 rings (SSSR count). The molecule has 7 heteroatoms. The second kappa shape index (κ2) is 7.91. The highest BCUT2D eigenvalue weighted by Crippen LogP contribution is 2.04. The van der Waals surface area contributed by atoms with Crippen molar-refractivity contribution in [2.45, 2.75) is 6.54 Å². The second-order valence-electron chi connectivity index (χ2n) is 4.25. The number of anilines is 1. The van der Waals surface area contributed by atoms with Crippen molar-refractivity contribution in [3.63, 3.8) is 0 Å². The molecular formula is C14H17N5O2. The Hall–Kier alpha value is -2.54. The molecule has 7 nitrogen and oxygen atoms in total. The Balaban J connectivity index is 1.91. The van der Waals surface area contributed by atoms with E-state index in [9.17, 15) is 4.79 Å². The van der Waals surface area contributed by atoms with Crippen LogP contribution in [0.1, 0.15) is 16.1 Å². The first kappa shape index (κ1) is 14.9. The zero-order valence-corrected chi connectivity index (χ0v) is 11.7. The summed E-state index contributed by atoms with van der Waals surface area (Å²) in [5.41, 5.74) is 1.24. The number of nitrogens with one attached hydrogen (secondary N) is 2. The SMILES string of the molecule is COCCNc1cc(C(=O)NCc2cccnc2)ncn1. The predicted molar refractivity (Wildman–Crippen MR) is 77.8 cm³/mol. The molecule has 0 aromatic carbocycles. The summed E-state index contributed by atoms with van der Waals surface area (Å²) in [6, 6.07) is 5.32. The molecule has 0 spiro atoms. The zero-order chi connectivity index (χ0) is 14.9. The highest BCUT2D eigenvalue weighted by molar-refractivity contribution is 5.92. The molecule has 0 saturated carbocycles. The van der Waals surface area contributed by atoms with Crippen molar-refractivity contribution >= 4 is 11.7 Å². The van der Waals surface area contributed by atoms with Crippen molar-refractivity contribution < 1.29 is 9.53 Å². The van der Waals surface area contributed by atoms with Gasteiger partial charge in [0.15, 0.2) is 0 Å². The van der Waals surface area contributed by atoms with Crippen LogP contribution in [-0.4, -0.2) is 41.1 Å². The minimum absolute atomic E-state index is 0.254. The van der Waals surface area contributed by atoms with Crippen molar-refractivity contribution in [3.8, 4) is 0 Å². The summed E-state index contributed by atoms with van der Waals surface area (Å²) >= 11 is 0. The zero-order valence-electron chi connectivity index (χ0n) is 11.7. The molecule has 0 aliphatic heterocycles. The number of pyridine rings is 1. The Morgan fingerprint density at radius 2 is 2.29 bits per heavy atom. The van der Waals surface area contributed by atoms with Gasteiger partial charge in [-0.15, -0.1) is 0 Å². The predicted octanol–water partition coefficient (Wildman–Crippen LogP) is 0.860. The van der Waals surface area contributed by atoms with Gasteiger partial charge in [0.25, 0.3) is 5.91 Å². The maximum absolute atomic E-state index is 12.0. The third-order valence-electron chi connectivity index (χ3n) is 2.69. The topological polar surface area (TPSA) is 89.0 Å². The first-order valence-corrected chi connectivity index (χ1v) is 6.51. The van der Waals surface area contributed by atoms with E-state index in [1.165, 1.54) is 6.33 Å². The van der Waals surface area contributed by atoms with Crippen LogP contribution in [0.5, 0.6) is 0 Å². The Labute approximate surface area is 122 Å². The summed E-state index contributed by atoms with van der Waals surface area (Å²) in [6.07, 6.45) is 4.75. The summed E-state index contributed by atoms with van der Waals surface area (Å²) in [5.74, 6) is 0.338. The van der Waals surface area contributed by atoms with Crippen molar-refractivity contribution in [1.29, 1.82) is 0 Å². The summed E-state index contributed by atoms with van der Waals surface area (Å²) in [6.45, 7) is 1.58. The van der Waals surface area contributed by atoms with Crippen molar-refractivity contribution in [2.75, 3.05) is 25.6 Å². The normalized spacial score (nSPS) is 10.1. The van der Waals surface area contributed by atoms with Crippen LogP contribution in [0.15, 0.2) is 36.9 Å². The van der Waals surface area contributed by atoms with Crippen LogP contribution in [0.4, 0.5) is 5.82 Å². The Morgan fingerprint density at radius 3 is 3.05 bits per heavy atom. The van der Waals surface area contributed by atoms with E-state index >= 15 is 0 Å². The largest absolute Gasteiger partial charge is 0.383 e. The molecule has 0 radical (unpaired) electrons. The fraction of sp³-hybridized carbons (Fsp3) is 0.286. The third-order valence-corrected chi connectivity index (χ3v) is 2.69. The molecule has 2 aromatic heterocycles. The van der Waals surface area contributed by atoms with Gasteiger partial charge in [0.1, 0.15) is 17.8 Å². The number of rotatable bonds is 7. The van der Waals surface area contributed by atoms with Crippen LogP contribution in [0.25, 0.3) is 0 Å². The average Bonchev–Trinajstić information content (AvgIpc) is 2.54. The smallest absolute Gasteiger partial charge is 0.270 e. The molecule has 2 aromatic rings. The minimum Gasteiger partial charge on any atom is -0.383 e. The van der Waals surface area contributed by atoms with Crippen molar-refractivity contribution in [1.82, 2.24) is 20.3 Å². The molecule has 2 N–H and O–H groups in total. The Bertz CT molecular complexity index is 577. The van der Waals surface area contributed by atoms with Crippen LogP contribution < -0.4 is 10.6 Å². The van der Waals surface area contributed by atoms with E-state index in [1.807, 2.05) is 12.1 Å². The van der Waals surface area contributed by atoms with Crippen LogP contribution in [0.2, 0.25) is 0 Å². The molecule has 1 amide bonds. The Kier molecular flexibility index (Phi) is 5.60. The summed E-state index contributed by atoms with van der Waals surface area (Å²) in [7, 11) is 1.62. The second-order valence-corrected chi connectivity index (χ2v) is 4.25. The number of aromatic nitrogens is 3. The van der Waals surface area contributed by atoms with Gasteiger partial charge in [0, 0.05) is 38.7 Å². The molecule has 0 unspecified atom stereocenters. The van der Waals surface area contributed by atoms with E-state index in [2.05, 4.69) is 25.6 Å². The van der Waals surface area contributed by atoms with Crippen LogP contribution in [0.3, 0.4) is 0 Å². The number of ether oxygens (including phenoxy) is 1. The number of carbonyl (C=O) groups is 1. The Morgan fingerprint density at radius 1 is 1.38 bits per heavy atom. The first-order valence-electron chi connectivity index (χ1n) is 6.51. The van der Waals surface area contributed by atoms with Gasteiger partial charge in [-0.2, -0.15) is 0 Å². The lowest BCUT2D eigenvalue weighted by molar-refractivity contribution is 0.0946. The van der Waals surface area contributed by atoms with E-state index in [4.69, 9.17) is 4.74 Å². The lowest BCUT2D eigenvalue weighted by Crippen LogP contribution is -2.24. The fourth-order valence-corrected chi connectivity index (χ4v) is 1.63. The third kappa shape index (κ3) is 4.81. The molecule has 110 valence electrons. The number of methoxy groups -OCH3 is 1. The maximum atomic E-state index is 12.0. The lowest BCUT2D eigenvalue weighted by atomic mass is 10.3. The van der Waals surface area contributed by atoms with Gasteiger partial charge in [0.2, 0.25) is 0 Å². The van der Waals surface area contributed by atoms with Gasteiger partial charge in [0.05, 0.1) is 6.61 Å². The van der Waals surface area contributed by atoms with Gasteiger partial charge in [-0.3, -0.25) is 9.78 Å². The van der Waals surface area contributed by atoms with E-state index in [0.29, 0.717) is 31.2 Å². The monoisotopic (exact) mass is 287 g/mol. The number of nitrogens with zero attached hydrogens (tertiary/aromatic N) is 3. The summed E-state index contributed by atoms with van der Waals surface area (Å²) in [4.78, 5) is 24.0. The minimum atomic E-state index is -0.254. The number of hydrogen-bond donors (Lipinski definition) is 2. The highest BCUT2D eigenvalue weighted by atomic mass is 16.5. The fourth-order valence-electron chi connectivity index (χ4n) is 1.63. The van der Waals surface area contributed by atoms with Gasteiger partial charge < -0.3 is 15.4 Å². The van der Waals surface area contributed by atoms with Gasteiger partial charge in [-0.25, -0.2) is 9.97 Å². The van der Waals surface area contributed by atoms with E-state index in [0.717, 1.165) is 5.56 Å². The molecule has 0 saturated heterocycles. The molecule has 0 aliphatic rings. The molecular weight excluding hydrogens is 270 g/mol. The lowest BCUT2D eigenvalue weighted by Gasteiger charge is -2.07. The van der Waals surface area contributed by atoms with Crippen LogP contribution in [-0.2, 0) is 11.3 Å². The summed E-state index contributed by atoms with van der Waals surface area (Å²) in [5, 5.41) is 5.84. The average molecular weight is 287 g/mol. The van der Waals surface area contributed by atoms with Crippen LogP contribution >= 0.6 is 0 Å². The molecule has 0 atom stereocenters. The van der Waals surface area contributed by atoms with E-state index < -0.39 is 0 Å². The van der Waals surface area contributed by atoms with Crippen molar-refractivity contribution in [2.24, 2.45) is 0 Å². The molecule has 0 fully saturated rings. The standard InChI is InChI=1S/C14H17N5O2/c1-21-6-5-16-13-7-12(18-10-19-13)14(20)17-9-11-3-2-4-15-8-11/h2-4,7-8,10H,5-6,9H2,1H3,(H,17,20)(H,16,18,19). The quantitative estimate of drug-likeness (QED) is 0.734. The van der Waals surface area contributed by atoms with Crippen LogP contribution in [0, 0.1) is 0 Å². The molecule has 2 heterocycles. The first-order chi connectivity index (χ1) is 10.3. The maximum Gasteiger partial charge on any atom is 0.270 e. The van der Waals surface area contributed by atoms with Gasteiger partial charge in [-0.1, -0.05) is 6.07 Å². The number of hydrogen-bond acceptors (Lipinski definition) is 6. The number of amides is 1.